The maximum absolute atomic E-state index is 11.7. The van der Waals surface area contributed by atoms with E-state index in [0.29, 0.717) is 6.42 Å². The number of carbonyl (C=O) groups excluding carboxylic acids is 1. The Morgan fingerprint density at radius 3 is 2.53 bits per heavy atom. The number of unbranched alkanes of at least 4 members (excludes halogenated alkanes) is 3. The summed E-state index contributed by atoms with van der Waals surface area (Å²) in [7, 11) is 0. The minimum Gasteiger partial charge on any atom is -0.350 e. The Labute approximate surface area is 104 Å². The molecule has 1 atom stereocenters. The van der Waals surface area contributed by atoms with Gasteiger partial charge in [-0.2, -0.15) is 0 Å². The lowest BCUT2D eigenvalue weighted by molar-refractivity contribution is -0.121. The van der Waals surface area contributed by atoms with Crippen molar-refractivity contribution in [3.63, 3.8) is 0 Å². The second-order valence-corrected chi connectivity index (χ2v) is 4.51. The molecule has 2 heteroatoms. The van der Waals surface area contributed by atoms with Crippen LogP contribution in [0.4, 0.5) is 0 Å². The van der Waals surface area contributed by atoms with Crippen LogP contribution in [0, 0.1) is 0 Å². The van der Waals surface area contributed by atoms with Gasteiger partial charge in [0.05, 0.1) is 6.04 Å². The highest BCUT2D eigenvalue weighted by molar-refractivity contribution is 5.76. The van der Waals surface area contributed by atoms with Gasteiger partial charge in [-0.05, 0) is 18.9 Å². The third-order valence-corrected chi connectivity index (χ3v) is 2.93. The van der Waals surface area contributed by atoms with Crippen molar-refractivity contribution >= 4 is 5.91 Å². The van der Waals surface area contributed by atoms with Crippen molar-refractivity contribution in [3.05, 3.63) is 35.9 Å². The minimum atomic E-state index is 0.106. The van der Waals surface area contributed by atoms with E-state index in [0.717, 1.165) is 18.4 Å². The lowest BCUT2D eigenvalue weighted by atomic mass is 10.1. The standard InChI is InChI=1S/C15H23NO/c1-3-4-5-9-12-15(17)16-13(2)14-10-7-6-8-11-14/h6-8,10-11,13H,3-5,9,12H2,1-2H3,(H,16,17). The van der Waals surface area contributed by atoms with Gasteiger partial charge in [0, 0.05) is 6.42 Å². The number of nitrogens with one attached hydrogen (secondary N) is 1. The van der Waals surface area contributed by atoms with Gasteiger partial charge in [0.1, 0.15) is 0 Å². The van der Waals surface area contributed by atoms with Crippen LogP contribution in [0.25, 0.3) is 0 Å². The summed E-state index contributed by atoms with van der Waals surface area (Å²) in [5, 5.41) is 3.03. The minimum absolute atomic E-state index is 0.106. The first kappa shape index (κ1) is 13.8. The van der Waals surface area contributed by atoms with Crippen LogP contribution in [0.2, 0.25) is 0 Å². The molecule has 1 unspecified atom stereocenters. The molecule has 0 aliphatic heterocycles. The summed E-state index contributed by atoms with van der Waals surface area (Å²) in [6.07, 6.45) is 5.24. The second-order valence-electron chi connectivity index (χ2n) is 4.51. The summed E-state index contributed by atoms with van der Waals surface area (Å²) in [6, 6.07) is 10.2. The second kappa shape index (κ2) is 7.88. The molecule has 0 radical (unpaired) electrons. The van der Waals surface area contributed by atoms with Crippen LogP contribution in [0.5, 0.6) is 0 Å². The van der Waals surface area contributed by atoms with Crippen molar-refractivity contribution in [2.45, 2.75) is 52.0 Å². The van der Waals surface area contributed by atoms with E-state index in [1.807, 2.05) is 37.3 Å². The average Bonchev–Trinajstić information content (AvgIpc) is 2.36. The van der Waals surface area contributed by atoms with Gasteiger partial charge >= 0.3 is 0 Å². The van der Waals surface area contributed by atoms with Crippen LogP contribution < -0.4 is 5.32 Å². The Bertz CT molecular complexity index is 321. The summed E-state index contributed by atoms with van der Waals surface area (Å²) in [5.41, 5.74) is 1.16. The van der Waals surface area contributed by atoms with Crippen LogP contribution >= 0.6 is 0 Å². The third-order valence-electron chi connectivity index (χ3n) is 2.93. The molecule has 0 aliphatic carbocycles. The molecule has 1 amide bonds. The first-order valence-electron chi connectivity index (χ1n) is 6.58. The molecule has 17 heavy (non-hydrogen) atoms. The normalized spacial score (nSPS) is 12.1. The van der Waals surface area contributed by atoms with E-state index in [1.165, 1.54) is 12.8 Å². The predicted molar refractivity (Wildman–Crippen MR) is 71.8 cm³/mol. The van der Waals surface area contributed by atoms with E-state index in [-0.39, 0.29) is 11.9 Å². The van der Waals surface area contributed by atoms with Crippen LogP contribution in [-0.2, 0) is 4.79 Å². The van der Waals surface area contributed by atoms with Crippen molar-refractivity contribution in [2.24, 2.45) is 0 Å². The summed E-state index contributed by atoms with van der Waals surface area (Å²) in [5.74, 6) is 0.164. The Hall–Kier alpha value is -1.31. The number of benzene rings is 1. The van der Waals surface area contributed by atoms with Crippen LogP contribution in [-0.4, -0.2) is 5.91 Å². The van der Waals surface area contributed by atoms with E-state index >= 15 is 0 Å². The summed E-state index contributed by atoms with van der Waals surface area (Å²) in [4.78, 5) is 11.7. The molecule has 1 rings (SSSR count). The van der Waals surface area contributed by atoms with Gasteiger partial charge < -0.3 is 5.32 Å². The highest BCUT2D eigenvalue weighted by Gasteiger charge is 2.08. The smallest absolute Gasteiger partial charge is 0.220 e. The van der Waals surface area contributed by atoms with Gasteiger partial charge in [-0.1, -0.05) is 56.5 Å². The highest BCUT2D eigenvalue weighted by Crippen LogP contribution is 2.11. The number of hydrogen-bond acceptors (Lipinski definition) is 1. The van der Waals surface area contributed by atoms with Crippen molar-refractivity contribution in [3.8, 4) is 0 Å². The van der Waals surface area contributed by atoms with Gasteiger partial charge in [-0.15, -0.1) is 0 Å². The fraction of sp³-hybridized carbons (Fsp3) is 0.533. The molecule has 2 nitrogen and oxygen atoms in total. The highest BCUT2D eigenvalue weighted by atomic mass is 16.1. The zero-order chi connectivity index (χ0) is 12.5. The topological polar surface area (TPSA) is 29.1 Å². The SMILES string of the molecule is CCCCCCC(=O)NC(C)c1ccccc1. The maximum atomic E-state index is 11.7. The fourth-order valence-corrected chi connectivity index (χ4v) is 1.85. The lowest BCUT2D eigenvalue weighted by Crippen LogP contribution is -2.26. The molecule has 0 aliphatic rings. The zero-order valence-corrected chi connectivity index (χ0v) is 10.9. The van der Waals surface area contributed by atoms with E-state index < -0.39 is 0 Å². The molecule has 0 bridgehead atoms. The maximum Gasteiger partial charge on any atom is 0.220 e. The number of amides is 1. The molecule has 0 fully saturated rings. The Morgan fingerprint density at radius 1 is 1.18 bits per heavy atom. The van der Waals surface area contributed by atoms with E-state index in [4.69, 9.17) is 0 Å². The van der Waals surface area contributed by atoms with Gasteiger partial charge in [0.15, 0.2) is 0 Å². The van der Waals surface area contributed by atoms with Gasteiger partial charge in [-0.3, -0.25) is 4.79 Å². The largest absolute Gasteiger partial charge is 0.350 e. The predicted octanol–water partition coefficient (Wildman–Crippen LogP) is 3.83. The molecule has 94 valence electrons. The molecular weight excluding hydrogens is 210 g/mol. The summed E-state index contributed by atoms with van der Waals surface area (Å²) < 4.78 is 0. The van der Waals surface area contributed by atoms with E-state index in [1.54, 1.807) is 0 Å². The zero-order valence-electron chi connectivity index (χ0n) is 10.9. The quantitative estimate of drug-likeness (QED) is 0.712. The summed E-state index contributed by atoms with van der Waals surface area (Å²) in [6.45, 7) is 4.21. The van der Waals surface area contributed by atoms with Gasteiger partial charge in [-0.25, -0.2) is 0 Å². The van der Waals surface area contributed by atoms with Crippen molar-refractivity contribution < 1.29 is 4.79 Å². The average molecular weight is 233 g/mol. The van der Waals surface area contributed by atoms with E-state index in [2.05, 4.69) is 12.2 Å². The molecule has 0 saturated carbocycles. The van der Waals surface area contributed by atoms with Crippen LogP contribution in [0.15, 0.2) is 30.3 Å². The molecule has 0 heterocycles. The van der Waals surface area contributed by atoms with Crippen molar-refractivity contribution in [1.29, 1.82) is 0 Å². The molecule has 1 N–H and O–H groups in total. The Morgan fingerprint density at radius 2 is 1.88 bits per heavy atom. The van der Waals surface area contributed by atoms with Crippen LogP contribution in [0.3, 0.4) is 0 Å². The monoisotopic (exact) mass is 233 g/mol. The molecule has 0 spiro atoms. The van der Waals surface area contributed by atoms with Crippen molar-refractivity contribution in [1.82, 2.24) is 5.32 Å². The van der Waals surface area contributed by atoms with Crippen molar-refractivity contribution in [2.75, 3.05) is 0 Å². The fourth-order valence-electron chi connectivity index (χ4n) is 1.85. The Kier molecular flexibility index (Phi) is 6.38. The molecule has 0 aromatic heterocycles. The number of hydrogen-bond donors (Lipinski definition) is 1. The van der Waals surface area contributed by atoms with Gasteiger partial charge in [0.2, 0.25) is 5.91 Å². The third kappa shape index (κ3) is 5.53. The van der Waals surface area contributed by atoms with Gasteiger partial charge in [0.25, 0.3) is 0 Å². The molecule has 1 aromatic rings. The Balaban J connectivity index is 2.26. The molecular formula is C15H23NO. The van der Waals surface area contributed by atoms with Crippen LogP contribution in [0.1, 0.15) is 57.6 Å². The number of carbonyl (C=O) groups is 1. The summed E-state index contributed by atoms with van der Waals surface area (Å²) >= 11 is 0. The number of rotatable bonds is 7. The molecule has 0 saturated heterocycles. The molecule has 1 aromatic carbocycles. The first-order valence-corrected chi connectivity index (χ1v) is 6.58. The van der Waals surface area contributed by atoms with E-state index in [9.17, 15) is 4.79 Å². The first-order chi connectivity index (χ1) is 8.24. The lowest BCUT2D eigenvalue weighted by Gasteiger charge is -2.14.